The standard InChI is InChI=1S/C28H30N6O2/c1-32-11-5-6-21-19(12-18-9-10-23(29-14-18)20-15-31-33(2)16-20)13-22-26(27(21)32)30-17-34(28(22)36)24-7-3-4-8-25(24)35/h5-6,9-10,13-17,24-25,35H,3-4,7-8,11-12H2,1-2H3/t24-,25-/m0/s1. The van der Waals surface area contributed by atoms with Crippen molar-refractivity contribution >= 4 is 22.7 Å². The number of aliphatic hydroxyl groups is 1. The van der Waals surface area contributed by atoms with Gasteiger partial charge in [-0.25, -0.2) is 4.98 Å². The van der Waals surface area contributed by atoms with Gasteiger partial charge in [-0.1, -0.05) is 31.1 Å². The van der Waals surface area contributed by atoms with Crippen LogP contribution in [0.3, 0.4) is 0 Å². The van der Waals surface area contributed by atoms with Gasteiger partial charge in [0, 0.05) is 44.2 Å². The molecule has 0 amide bonds. The summed E-state index contributed by atoms with van der Waals surface area (Å²) in [6, 6.07) is 5.88. The van der Waals surface area contributed by atoms with Gasteiger partial charge in [0.2, 0.25) is 0 Å². The van der Waals surface area contributed by atoms with Gasteiger partial charge in [0.05, 0.1) is 41.4 Å². The molecule has 0 spiro atoms. The van der Waals surface area contributed by atoms with E-state index in [9.17, 15) is 9.90 Å². The fraction of sp³-hybridized carbons (Fsp3) is 0.357. The van der Waals surface area contributed by atoms with Gasteiger partial charge in [0.1, 0.15) is 5.52 Å². The van der Waals surface area contributed by atoms with E-state index in [1.165, 1.54) is 0 Å². The Balaban J connectivity index is 1.44. The molecule has 1 fully saturated rings. The minimum Gasteiger partial charge on any atom is -0.391 e. The van der Waals surface area contributed by atoms with E-state index in [0.717, 1.165) is 71.4 Å². The van der Waals surface area contributed by atoms with Crippen LogP contribution in [-0.2, 0) is 13.5 Å². The van der Waals surface area contributed by atoms with Crippen molar-refractivity contribution in [3.63, 3.8) is 0 Å². The van der Waals surface area contributed by atoms with Crippen LogP contribution in [0.2, 0.25) is 0 Å². The molecule has 6 rings (SSSR count). The van der Waals surface area contributed by atoms with Gasteiger partial charge < -0.3 is 10.0 Å². The highest BCUT2D eigenvalue weighted by Crippen LogP contribution is 2.36. The lowest BCUT2D eigenvalue weighted by molar-refractivity contribution is 0.0735. The van der Waals surface area contributed by atoms with Crippen molar-refractivity contribution in [1.82, 2.24) is 24.3 Å². The summed E-state index contributed by atoms with van der Waals surface area (Å²) in [6.45, 7) is 0.763. The van der Waals surface area contributed by atoms with Crippen LogP contribution in [0.5, 0.6) is 0 Å². The summed E-state index contributed by atoms with van der Waals surface area (Å²) < 4.78 is 3.42. The van der Waals surface area contributed by atoms with Gasteiger partial charge in [0.15, 0.2) is 0 Å². The van der Waals surface area contributed by atoms with Crippen LogP contribution in [0.25, 0.3) is 28.2 Å². The zero-order chi connectivity index (χ0) is 24.8. The zero-order valence-electron chi connectivity index (χ0n) is 20.6. The quantitative estimate of drug-likeness (QED) is 0.477. The SMILES string of the molecule is CN1CC=Cc2c(Cc3ccc(-c4cnn(C)c4)nc3)cc3c(=O)n([C@H]4CCCC[C@@H]4O)cnc3c21. The number of benzene rings is 1. The highest BCUT2D eigenvalue weighted by Gasteiger charge is 2.27. The first-order valence-corrected chi connectivity index (χ1v) is 12.6. The molecule has 8 nitrogen and oxygen atoms in total. The van der Waals surface area contributed by atoms with E-state index in [1.54, 1.807) is 15.6 Å². The molecule has 4 heterocycles. The molecule has 0 bridgehead atoms. The van der Waals surface area contributed by atoms with Crippen LogP contribution in [0.15, 0.2) is 54.0 Å². The summed E-state index contributed by atoms with van der Waals surface area (Å²) in [6.07, 6.45) is 15.2. The molecule has 3 aromatic heterocycles. The highest BCUT2D eigenvalue weighted by atomic mass is 16.3. The minimum atomic E-state index is -0.511. The van der Waals surface area contributed by atoms with Crippen molar-refractivity contribution in [3.8, 4) is 11.3 Å². The van der Waals surface area contributed by atoms with Gasteiger partial charge in [-0.2, -0.15) is 5.10 Å². The van der Waals surface area contributed by atoms with Gasteiger partial charge in [-0.05, 0) is 42.5 Å². The second-order valence-electron chi connectivity index (χ2n) is 9.98. The maximum absolute atomic E-state index is 13.7. The average Bonchev–Trinajstić information content (AvgIpc) is 3.32. The van der Waals surface area contributed by atoms with Crippen molar-refractivity contribution in [2.24, 2.45) is 7.05 Å². The summed E-state index contributed by atoms with van der Waals surface area (Å²) >= 11 is 0. The molecule has 184 valence electrons. The maximum Gasteiger partial charge on any atom is 0.261 e. The second kappa shape index (κ2) is 9.02. The van der Waals surface area contributed by atoms with E-state index in [-0.39, 0.29) is 11.6 Å². The van der Waals surface area contributed by atoms with Crippen LogP contribution in [-0.4, -0.2) is 49.1 Å². The van der Waals surface area contributed by atoms with Crippen LogP contribution in [0, 0.1) is 0 Å². The summed E-state index contributed by atoms with van der Waals surface area (Å²) in [5.74, 6) is 0. The van der Waals surface area contributed by atoms with Gasteiger partial charge in [0.25, 0.3) is 5.56 Å². The molecule has 1 aromatic carbocycles. The third-order valence-corrected chi connectivity index (χ3v) is 7.49. The highest BCUT2D eigenvalue weighted by molar-refractivity contribution is 5.97. The molecule has 1 aliphatic carbocycles. The van der Waals surface area contributed by atoms with Gasteiger partial charge in [-0.3, -0.25) is 19.0 Å². The van der Waals surface area contributed by atoms with Crippen molar-refractivity contribution in [2.45, 2.75) is 44.2 Å². The molecule has 0 unspecified atom stereocenters. The monoisotopic (exact) mass is 482 g/mol. The van der Waals surface area contributed by atoms with Crippen molar-refractivity contribution < 1.29 is 5.11 Å². The fourth-order valence-electron chi connectivity index (χ4n) is 5.60. The van der Waals surface area contributed by atoms with Crippen molar-refractivity contribution in [3.05, 3.63) is 76.2 Å². The van der Waals surface area contributed by atoms with E-state index in [0.29, 0.717) is 11.8 Å². The topological polar surface area (TPSA) is 89.1 Å². The van der Waals surface area contributed by atoms with Crippen LogP contribution in [0.1, 0.15) is 48.4 Å². The maximum atomic E-state index is 13.7. The number of hydrogen-bond acceptors (Lipinski definition) is 6. The van der Waals surface area contributed by atoms with Gasteiger partial charge >= 0.3 is 0 Å². The first kappa shape index (κ1) is 22.7. The number of aliphatic hydroxyl groups excluding tert-OH is 1. The first-order valence-electron chi connectivity index (χ1n) is 12.6. The molecule has 36 heavy (non-hydrogen) atoms. The normalized spacial score (nSPS) is 19.6. The molecule has 2 aliphatic rings. The van der Waals surface area contributed by atoms with Gasteiger partial charge in [-0.15, -0.1) is 0 Å². The Morgan fingerprint density at radius 2 is 1.97 bits per heavy atom. The molecular weight excluding hydrogens is 452 g/mol. The Hall–Kier alpha value is -3.78. The predicted molar refractivity (Wildman–Crippen MR) is 141 cm³/mol. The van der Waals surface area contributed by atoms with E-state index in [2.05, 4.69) is 33.2 Å². The number of hydrogen-bond donors (Lipinski definition) is 1. The average molecular weight is 483 g/mol. The summed E-state index contributed by atoms with van der Waals surface area (Å²) in [4.78, 5) is 25.3. The van der Waals surface area contributed by atoms with Crippen molar-refractivity contribution in [1.29, 1.82) is 0 Å². The first-order chi connectivity index (χ1) is 17.5. The zero-order valence-corrected chi connectivity index (χ0v) is 20.6. The molecule has 1 aliphatic heterocycles. The number of rotatable bonds is 4. The van der Waals surface area contributed by atoms with Crippen LogP contribution in [0.4, 0.5) is 5.69 Å². The largest absolute Gasteiger partial charge is 0.391 e. The Labute approximate surface area is 209 Å². The molecule has 8 heteroatoms. The lowest BCUT2D eigenvalue weighted by Crippen LogP contribution is -2.35. The van der Waals surface area contributed by atoms with E-state index >= 15 is 0 Å². The van der Waals surface area contributed by atoms with Crippen LogP contribution < -0.4 is 10.5 Å². The smallest absolute Gasteiger partial charge is 0.261 e. The molecule has 4 aromatic rings. The third kappa shape index (κ3) is 3.91. The number of likely N-dealkylation sites (N-methyl/N-ethyl adjacent to an activating group) is 1. The lowest BCUT2D eigenvalue weighted by Gasteiger charge is -2.30. The number of fused-ring (bicyclic) bond motifs is 3. The Morgan fingerprint density at radius 3 is 2.72 bits per heavy atom. The Morgan fingerprint density at radius 1 is 1.11 bits per heavy atom. The number of nitrogens with zero attached hydrogens (tertiary/aromatic N) is 6. The summed E-state index contributed by atoms with van der Waals surface area (Å²) in [5, 5.41) is 15.4. The summed E-state index contributed by atoms with van der Waals surface area (Å²) in [7, 11) is 3.93. The lowest BCUT2D eigenvalue weighted by atomic mass is 9.92. The molecule has 0 saturated heterocycles. The van der Waals surface area contributed by atoms with Crippen LogP contribution >= 0.6 is 0 Å². The van der Waals surface area contributed by atoms with E-state index < -0.39 is 6.10 Å². The Bertz CT molecular complexity index is 1520. The predicted octanol–water partition coefficient (Wildman–Crippen LogP) is 3.72. The second-order valence-corrected chi connectivity index (χ2v) is 9.98. The van der Waals surface area contributed by atoms with E-state index in [1.807, 2.05) is 44.8 Å². The summed E-state index contributed by atoms with van der Waals surface area (Å²) in [5.41, 5.74) is 6.71. The fourth-order valence-corrected chi connectivity index (χ4v) is 5.60. The van der Waals surface area contributed by atoms with Crippen molar-refractivity contribution in [2.75, 3.05) is 18.5 Å². The molecule has 1 N–H and O–H groups in total. The molecular formula is C28H30N6O2. The molecule has 1 saturated carbocycles. The molecule has 0 radical (unpaired) electrons. The molecule has 2 atom stereocenters. The Kier molecular flexibility index (Phi) is 5.68. The minimum absolute atomic E-state index is 0.0806. The number of anilines is 1. The number of aryl methyl sites for hydroxylation is 1. The van der Waals surface area contributed by atoms with E-state index in [4.69, 9.17) is 4.98 Å². The third-order valence-electron chi connectivity index (χ3n) is 7.49. The number of pyridine rings is 1. The number of aromatic nitrogens is 5.